The van der Waals surface area contributed by atoms with E-state index in [9.17, 15) is 9.90 Å². The van der Waals surface area contributed by atoms with E-state index in [1.165, 1.54) is 0 Å². The van der Waals surface area contributed by atoms with Gasteiger partial charge in [0.1, 0.15) is 5.52 Å². The van der Waals surface area contributed by atoms with Crippen molar-refractivity contribution in [2.24, 2.45) is 11.8 Å². The first-order valence-electron chi connectivity index (χ1n) is 7.90. The summed E-state index contributed by atoms with van der Waals surface area (Å²) in [6.45, 7) is 5.74. The fraction of sp³-hybridized carbons (Fsp3) is 0.529. The monoisotopic (exact) mass is 302 g/mol. The minimum atomic E-state index is -0.702. The largest absolute Gasteiger partial charge is 0.481 e. The molecule has 0 amide bonds. The maximum absolute atomic E-state index is 11.2. The van der Waals surface area contributed by atoms with Gasteiger partial charge >= 0.3 is 5.97 Å². The van der Waals surface area contributed by atoms with E-state index in [1.807, 2.05) is 18.2 Å². The topological polar surface area (TPSA) is 66.6 Å². The van der Waals surface area contributed by atoms with Crippen LogP contribution in [0.1, 0.15) is 32.6 Å². The Hall–Kier alpha value is -2.04. The molecule has 0 bridgehead atoms. The third-order valence-corrected chi connectivity index (χ3v) is 4.13. The number of anilines is 1. The molecular weight excluding hydrogens is 280 g/mol. The molecule has 1 unspecified atom stereocenters. The number of hydrogen-bond acceptors (Lipinski definition) is 4. The molecule has 0 aliphatic carbocycles. The highest BCUT2D eigenvalue weighted by molar-refractivity contribution is 5.78. The normalized spacial score (nSPS) is 19.0. The molecule has 1 aliphatic heterocycles. The quantitative estimate of drug-likeness (QED) is 0.938. The minimum Gasteiger partial charge on any atom is -0.481 e. The van der Waals surface area contributed by atoms with Crippen LogP contribution in [0.3, 0.4) is 0 Å². The molecular formula is C17H22N2O3. The number of carboxylic acids is 1. The van der Waals surface area contributed by atoms with Crippen LogP contribution >= 0.6 is 0 Å². The van der Waals surface area contributed by atoms with Gasteiger partial charge in [0.2, 0.25) is 0 Å². The number of benzene rings is 1. The summed E-state index contributed by atoms with van der Waals surface area (Å²) in [5, 5.41) is 9.21. The van der Waals surface area contributed by atoms with E-state index in [4.69, 9.17) is 4.42 Å². The van der Waals surface area contributed by atoms with Crippen LogP contribution in [0.2, 0.25) is 0 Å². The summed E-state index contributed by atoms with van der Waals surface area (Å²) >= 11 is 0. The van der Waals surface area contributed by atoms with Crippen molar-refractivity contribution in [3.8, 4) is 0 Å². The third kappa shape index (κ3) is 3.08. The van der Waals surface area contributed by atoms with Crippen LogP contribution in [-0.2, 0) is 11.2 Å². The van der Waals surface area contributed by atoms with Gasteiger partial charge in [0.05, 0.1) is 5.92 Å². The molecule has 2 heterocycles. The number of rotatable bonds is 4. The van der Waals surface area contributed by atoms with Gasteiger partial charge in [0.15, 0.2) is 11.5 Å². The molecule has 5 heteroatoms. The number of aromatic nitrogens is 1. The zero-order valence-corrected chi connectivity index (χ0v) is 13.1. The van der Waals surface area contributed by atoms with E-state index >= 15 is 0 Å². The molecule has 1 aliphatic rings. The van der Waals surface area contributed by atoms with Gasteiger partial charge < -0.3 is 14.4 Å². The van der Waals surface area contributed by atoms with E-state index in [0.717, 1.165) is 48.5 Å². The lowest BCUT2D eigenvalue weighted by Gasteiger charge is -2.32. The molecule has 1 fully saturated rings. The van der Waals surface area contributed by atoms with Crippen LogP contribution < -0.4 is 4.90 Å². The number of nitrogens with zero attached hydrogens (tertiary/aromatic N) is 2. The van der Waals surface area contributed by atoms with Gasteiger partial charge in [-0.15, -0.1) is 0 Å². The Bertz CT molecular complexity index is 678. The Morgan fingerprint density at radius 3 is 3.05 bits per heavy atom. The Balaban J connectivity index is 1.83. The van der Waals surface area contributed by atoms with Crippen molar-refractivity contribution < 1.29 is 14.3 Å². The fourth-order valence-corrected chi connectivity index (χ4v) is 3.01. The van der Waals surface area contributed by atoms with Crippen LogP contribution in [0, 0.1) is 11.8 Å². The third-order valence-electron chi connectivity index (χ3n) is 4.13. The predicted molar refractivity (Wildman–Crippen MR) is 85.1 cm³/mol. The van der Waals surface area contributed by atoms with E-state index in [1.54, 1.807) is 0 Å². The maximum atomic E-state index is 11.2. The SMILES string of the molecule is CC(C)Cc1nc2cc(N3CCCC(C(=O)O)C3)ccc2o1. The molecule has 22 heavy (non-hydrogen) atoms. The van der Waals surface area contributed by atoms with Crippen molar-refractivity contribution in [1.29, 1.82) is 0 Å². The van der Waals surface area contributed by atoms with Crippen molar-refractivity contribution in [2.75, 3.05) is 18.0 Å². The summed E-state index contributed by atoms with van der Waals surface area (Å²) in [7, 11) is 0. The molecule has 118 valence electrons. The molecule has 0 radical (unpaired) electrons. The Kier molecular flexibility index (Phi) is 4.05. The summed E-state index contributed by atoms with van der Waals surface area (Å²) in [5.41, 5.74) is 2.68. The average molecular weight is 302 g/mol. The van der Waals surface area contributed by atoms with Crippen molar-refractivity contribution in [3.05, 3.63) is 24.1 Å². The van der Waals surface area contributed by atoms with Crippen LogP contribution in [0.4, 0.5) is 5.69 Å². The lowest BCUT2D eigenvalue weighted by molar-refractivity contribution is -0.141. The second-order valence-corrected chi connectivity index (χ2v) is 6.48. The van der Waals surface area contributed by atoms with Crippen LogP contribution in [0.15, 0.2) is 22.6 Å². The van der Waals surface area contributed by atoms with Crippen molar-refractivity contribution in [1.82, 2.24) is 4.98 Å². The minimum absolute atomic E-state index is 0.279. The number of hydrogen-bond donors (Lipinski definition) is 1. The molecule has 2 aromatic rings. The van der Waals surface area contributed by atoms with Crippen LogP contribution in [0.25, 0.3) is 11.1 Å². The van der Waals surface area contributed by atoms with Crippen molar-refractivity contribution in [3.63, 3.8) is 0 Å². The number of aliphatic carboxylic acids is 1. The first kappa shape index (κ1) is 14.9. The standard InChI is InChI=1S/C17H22N2O3/c1-11(2)8-16-18-14-9-13(5-6-15(14)22-16)19-7-3-4-12(10-19)17(20)21/h5-6,9,11-12H,3-4,7-8,10H2,1-2H3,(H,20,21). The molecule has 1 saturated heterocycles. The molecule has 0 saturated carbocycles. The molecule has 1 N–H and O–H groups in total. The zero-order chi connectivity index (χ0) is 15.7. The number of piperidine rings is 1. The smallest absolute Gasteiger partial charge is 0.308 e. The highest BCUT2D eigenvalue weighted by Crippen LogP contribution is 2.27. The molecule has 1 aromatic heterocycles. The maximum Gasteiger partial charge on any atom is 0.308 e. The highest BCUT2D eigenvalue weighted by Gasteiger charge is 2.25. The van der Waals surface area contributed by atoms with E-state index in [-0.39, 0.29) is 5.92 Å². The fourth-order valence-electron chi connectivity index (χ4n) is 3.01. The number of fused-ring (bicyclic) bond motifs is 1. The average Bonchev–Trinajstić information content (AvgIpc) is 2.87. The van der Waals surface area contributed by atoms with Gasteiger partial charge in [-0.25, -0.2) is 4.98 Å². The van der Waals surface area contributed by atoms with Crippen LogP contribution in [0.5, 0.6) is 0 Å². The highest BCUT2D eigenvalue weighted by atomic mass is 16.4. The van der Waals surface area contributed by atoms with Crippen molar-refractivity contribution in [2.45, 2.75) is 33.1 Å². The Labute approximate surface area is 129 Å². The first-order valence-corrected chi connectivity index (χ1v) is 7.90. The summed E-state index contributed by atoms with van der Waals surface area (Å²) in [6, 6.07) is 5.94. The molecule has 1 atom stereocenters. The molecule has 0 spiro atoms. The first-order chi connectivity index (χ1) is 10.5. The molecule has 1 aromatic carbocycles. The van der Waals surface area contributed by atoms with Gasteiger partial charge in [0.25, 0.3) is 0 Å². The lowest BCUT2D eigenvalue weighted by atomic mass is 9.98. The summed E-state index contributed by atoms with van der Waals surface area (Å²) in [6.07, 6.45) is 2.50. The second kappa shape index (κ2) is 5.99. The predicted octanol–water partition coefficient (Wildman–Crippen LogP) is 3.33. The van der Waals surface area contributed by atoms with E-state index < -0.39 is 5.97 Å². The van der Waals surface area contributed by atoms with Gasteiger partial charge in [0, 0.05) is 25.2 Å². The van der Waals surface area contributed by atoms with Crippen LogP contribution in [-0.4, -0.2) is 29.1 Å². The van der Waals surface area contributed by atoms with E-state index in [0.29, 0.717) is 12.5 Å². The zero-order valence-electron chi connectivity index (χ0n) is 13.1. The Morgan fingerprint density at radius 1 is 1.50 bits per heavy atom. The van der Waals surface area contributed by atoms with Gasteiger partial charge in [-0.3, -0.25) is 4.79 Å². The number of oxazole rings is 1. The lowest BCUT2D eigenvalue weighted by Crippen LogP contribution is -2.38. The van der Waals surface area contributed by atoms with E-state index in [2.05, 4.69) is 23.7 Å². The van der Waals surface area contributed by atoms with Crippen molar-refractivity contribution >= 4 is 22.8 Å². The van der Waals surface area contributed by atoms with Gasteiger partial charge in [-0.05, 0) is 37.0 Å². The van der Waals surface area contributed by atoms with Gasteiger partial charge in [-0.2, -0.15) is 0 Å². The van der Waals surface area contributed by atoms with Gasteiger partial charge in [-0.1, -0.05) is 13.8 Å². The second-order valence-electron chi connectivity index (χ2n) is 6.48. The molecule has 3 rings (SSSR count). The summed E-state index contributed by atoms with van der Waals surface area (Å²) in [5.74, 6) is 0.292. The summed E-state index contributed by atoms with van der Waals surface area (Å²) < 4.78 is 5.76. The molecule has 5 nitrogen and oxygen atoms in total. The number of carboxylic acid groups (broad SMARTS) is 1. The number of carbonyl (C=O) groups is 1. The summed E-state index contributed by atoms with van der Waals surface area (Å²) in [4.78, 5) is 17.9. The Morgan fingerprint density at radius 2 is 2.32 bits per heavy atom.